The maximum atomic E-state index is 5.70. The van der Waals surface area contributed by atoms with Crippen molar-refractivity contribution in [2.75, 3.05) is 27.4 Å². The third-order valence-corrected chi connectivity index (χ3v) is 3.11. The molecule has 118 valence electrons. The summed E-state index contributed by atoms with van der Waals surface area (Å²) in [5.74, 6) is 0. The molecule has 0 aromatic heterocycles. The number of rotatable bonds is 2. The molecule has 0 spiro atoms. The van der Waals surface area contributed by atoms with Crippen LogP contribution in [0.3, 0.4) is 0 Å². The molecule has 4 atom stereocenters. The van der Waals surface area contributed by atoms with E-state index in [0.717, 1.165) is 0 Å². The summed E-state index contributed by atoms with van der Waals surface area (Å²) in [6.45, 7) is 15.2. The average molecular weight is 278 g/mol. The van der Waals surface area contributed by atoms with Crippen LogP contribution in [0.4, 0.5) is 0 Å². The van der Waals surface area contributed by atoms with E-state index in [-0.39, 0.29) is 23.9 Å². The Balaban J connectivity index is 0. The van der Waals surface area contributed by atoms with Crippen molar-refractivity contribution in [2.24, 2.45) is 0 Å². The van der Waals surface area contributed by atoms with Gasteiger partial charge >= 0.3 is 0 Å². The zero-order chi connectivity index (χ0) is 15.5. The van der Waals surface area contributed by atoms with Crippen LogP contribution in [0.15, 0.2) is 0 Å². The summed E-state index contributed by atoms with van der Waals surface area (Å²) < 4.78 is 21.9. The van der Waals surface area contributed by atoms with Gasteiger partial charge in [0.1, 0.15) is 23.9 Å². The van der Waals surface area contributed by atoms with E-state index in [1.807, 2.05) is 48.5 Å². The number of hydrogen-bond acceptors (Lipinski definition) is 4. The first kappa shape index (κ1) is 21.1. The summed E-state index contributed by atoms with van der Waals surface area (Å²) in [5, 5.41) is 0. The SMILES string of the molecule is CC.CC.CC.CO[C@@H]1CO[C@@]2(C)[C@H](OC)CO[C@@H]12. The third-order valence-electron chi connectivity index (χ3n) is 3.11. The lowest BCUT2D eigenvalue weighted by molar-refractivity contribution is -0.0774. The molecule has 4 nitrogen and oxygen atoms in total. The fraction of sp³-hybridized carbons (Fsp3) is 1.00. The Bertz CT molecular complexity index is 199. The minimum Gasteiger partial charge on any atom is -0.376 e. The van der Waals surface area contributed by atoms with Crippen LogP contribution >= 0.6 is 0 Å². The predicted molar refractivity (Wildman–Crippen MR) is 79.7 cm³/mol. The van der Waals surface area contributed by atoms with Crippen molar-refractivity contribution in [3.05, 3.63) is 0 Å². The Labute approximate surface area is 119 Å². The van der Waals surface area contributed by atoms with Gasteiger partial charge in [-0.2, -0.15) is 0 Å². The largest absolute Gasteiger partial charge is 0.376 e. The van der Waals surface area contributed by atoms with Gasteiger partial charge in [-0.05, 0) is 6.92 Å². The lowest BCUT2D eigenvalue weighted by Gasteiger charge is -2.27. The van der Waals surface area contributed by atoms with Crippen molar-refractivity contribution in [1.82, 2.24) is 0 Å². The van der Waals surface area contributed by atoms with E-state index < -0.39 is 0 Å². The van der Waals surface area contributed by atoms with E-state index in [1.165, 1.54) is 0 Å². The van der Waals surface area contributed by atoms with Gasteiger partial charge in [-0.3, -0.25) is 0 Å². The fourth-order valence-corrected chi connectivity index (χ4v) is 2.20. The molecule has 4 heteroatoms. The van der Waals surface area contributed by atoms with Gasteiger partial charge in [0.2, 0.25) is 0 Å². The molecule has 2 aliphatic heterocycles. The second kappa shape index (κ2) is 11.6. The minimum absolute atomic E-state index is 0.0162. The highest BCUT2D eigenvalue weighted by Gasteiger charge is 2.57. The maximum absolute atomic E-state index is 5.70. The van der Waals surface area contributed by atoms with Gasteiger partial charge < -0.3 is 18.9 Å². The first-order chi connectivity index (χ1) is 9.22. The Morgan fingerprint density at radius 3 is 1.84 bits per heavy atom. The smallest absolute Gasteiger partial charge is 0.122 e. The molecule has 2 aliphatic rings. The second-order valence-corrected chi connectivity index (χ2v) is 3.75. The molecule has 0 N–H and O–H groups in total. The third kappa shape index (κ3) is 4.71. The molecule has 0 aromatic rings. The maximum Gasteiger partial charge on any atom is 0.122 e. The van der Waals surface area contributed by atoms with Gasteiger partial charge in [-0.1, -0.05) is 41.5 Å². The minimum atomic E-state index is -0.324. The van der Waals surface area contributed by atoms with Gasteiger partial charge in [0, 0.05) is 14.2 Å². The highest BCUT2D eigenvalue weighted by Crippen LogP contribution is 2.39. The first-order valence-corrected chi connectivity index (χ1v) is 7.53. The Morgan fingerprint density at radius 1 is 0.895 bits per heavy atom. The van der Waals surface area contributed by atoms with E-state index >= 15 is 0 Å². The molecule has 19 heavy (non-hydrogen) atoms. The van der Waals surface area contributed by atoms with E-state index in [2.05, 4.69) is 0 Å². The Hall–Kier alpha value is -0.160. The van der Waals surface area contributed by atoms with Crippen LogP contribution in [0.2, 0.25) is 0 Å². The monoisotopic (exact) mass is 278 g/mol. The molecule has 2 saturated heterocycles. The molecule has 0 amide bonds. The van der Waals surface area contributed by atoms with Gasteiger partial charge in [-0.25, -0.2) is 0 Å². The van der Waals surface area contributed by atoms with Gasteiger partial charge in [-0.15, -0.1) is 0 Å². The molecule has 2 heterocycles. The summed E-state index contributed by atoms with van der Waals surface area (Å²) >= 11 is 0. The van der Waals surface area contributed by atoms with Gasteiger partial charge in [0.25, 0.3) is 0 Å². The van der Waals surface area contributed by atoms with E-state index in [9.17, 15) is 0 Å². The molecule has 0 unspecified atom stereocenters. The number of ether oxygens (including phenoxy) is 4. The molecule has 0 saturated carbocycles. The predicted octanol–water partition coefficient (Wildman–Crippen LogP) is 3.28. The van der Waals surface area contributed by atoms with Crippen molar-refractivity contribution in [1.29, 1.82) is 0 Å². The van der Waals surface area contributed by atoms with E-state index in [0.29, 0.717) is 13.2 Å². The molecule has 0 bridgehead atoms. The molecule has 2 rings (SSSR count). The quantitative estimate of drug-likeness (QED) is 0.777. The molecular formula is C15H34O4. The zero-order valence-electron chi connectivity index (χ0n) is 14.3. The summed E-state index contributed by atoms with van der Waals surface area (Å²) in [5.41, 5.74) is -0.324. The number of fused-ring (bicyclic) bond motifs is 1. The number of methoxy groups -OCH3 is 2. The molecule has 0 aromatic carbocycles. The van der Waals surface area contributed by atoms with Crippen LogP contribution in [0.1, 0.15) is 48.5 Å². The zero-order valence-corrected chi connectivity index (χ0v) is 14.3. The van der Waals surface area contributed by atoms with E-state index in [1.54, 1.807) is 14.2 Å². The number of hydrogen-bond donors (Lipinski definition) is 0. The normalized spacial score (nSPS) is 34.9. The van der Waals surface area contributed by atoms with Crippen LogP contribution in [-0.4, -0.2) is 51.3 Å². The van der Waals surface area contributed by atoms with Crippen molar-refractivity contribution >= 4 is 0 Å². The van der Waals surface area contributed by atoms with E-state index in [4.69, 9.17) is 18.9 Å². The summed E-state index contributed by atoms with van der Waals surface area (Å²) in [4.78, 5) is 0. The van der Waals surface area contributed by atoms with Gasteiger partial charge in [0.15, 0.2) is 0 Å². The van der Waals surface area contributed by atoms with Crippen LogP contribution in [0.5, 0.6) is 0 Å². The fourth-order valence-electron chi connectivity index (χ4n) is 2.20. The van der Waals surface area contributed by atoms with Crippen LogP contribution < -0.4 is 0 Å². The summed E-state index contributed by atoms with van der Waals surface area (Å²) in [7, 11) is 3.37. The van der Waals surface area contributed by atoms with Crippen molar-refractivity contribution in [2.45, 2.75) is 72.4 Å². The molecule has 0 aliphatic carbocycles. The lowest BCUT2D eigenvalue weighted by Crippen LogP contribution is -2.45. The van der Waals surface area contributed by atoms with Crippen LogP contribution in [-0.2, 0) is 18.9 Å². The standard InChI is InChI=1S/C9H16O4.3C2H6/c1-9-7(11-3)5-12-8(9)6(10-2)4-13-9;3*1-2/h6-8H,4-5H2,1-3H3;3*1-2H3/t6-,7-,8+,9+;;;/m1.../s1. The first-order valence-electron chi connectivity index (χ1n) is 7.53. The average Bonchev–Trinajstić information content (AvgIpc) is 2.99. The summed E-state index contributed by atoms with van der Waals surface area (Å²) in [6, 6.07) is 0. The van der Waals surface area contributed by atoms with Crippen LogP contribution in [0, 0.1) is 0 Å². The Morgan fingerprint density at radius 2 is 1.42 bits per heavy atom. The van der Waals surface area contributed by atoms with Gasteiger partial charge in [0.05, 0.1) is 13.2 Å². The molecular weight excluding hydrogens is 244 g/mol. The topological polar surface area (TPSA) is 36.9 Å². The highest BCUT2D eigenvalue weighted by atomic mass is 16.6. The Kier molecular flexibility index (Phi) is 13.0. The molecule has 0 radical (unpaired) electrons. The second-order valence-electron chi connectivity index (χ2n) is 3.75. The van der Waals surface area contributed by atoms with Crippen molar-refractivity contribution < 1.29 is 18.9 Å². The molecule has 2 fully saturated rings. The van der Waals surface area contributed by atoms with Crippen molar-refractivity contribution in [3.63, 3.8) is 0 Å². The van der Waals surface area contributed by atoms with Crippen molar-refractivity contribution in [3.8, 4) is 0 Å². The van der Waals surface area contributed by atoms with Crippen LogP contribution in [0.25, 0.3) is 0 Å². The highest BCUT2D eigenvalue weighted by molar-refractivity contribution is 5.05. The summed E-state index contributed by atoms with van der Waals surface area (Å²) in [6.07, 6.45) is 0.0882. The lowest BCUT2D eigenvalue weighted by atomic mass is 9.95.